The van der Waals surface area contributed by atoms with Gasteiger partial charge in [0.1, 0.15) is 0 Å². The zero-order valence-corrected chi connectivity index (χ0v) is 9.45. The highest BCUT2D eigenvalue weighted by Crippen LogP contribution is 2.16. The highest BCUT2D eigenvalue weighted by Gasteiger charge is 2.17. The van der Waals surface area contributed by atoms with Gasteiger partial charge in [-0.2, -0.15) is 0 Å². The molecule has 0 amide bonds. The first-order valence-corrected chi connectivity index (χ1v) is 5.81. The fraction of sp³-hybridized carbons (Fsp3) is 0.615. The summed E-state index contributed by atoms with van der Waals surface area (Å²) in [6.45, 7) is 2.34. The van der Waals surface area contributed by atoms with Gasteiger partial charge in [-0.15, -0.1) is 0 Å². The Morgan fingerprint density at radius 3 is 2.60 bits per heavy atom. The van der Waals surface area contributed by atoms with E-state index in [2.05, 4.69) is 24.3 Å². The van der Waals surface area contributed by atoms with E-state index in [1.165, 1.54) is 0 Å². The molecule has 1 atom stereocenters. The zero-order chi connectivity index (χ0) is 10.9. The molecule has 2 heteroatoms. The summed E-state index contributed by atoms with van der Waals surface area (Å²) in [6.07, 6.45) is 13.5. The number of rotatable bonds is 2. The van der Waals surface area contributed by atoms with Crippen LogP contribution in [0, 0.1) is 5.92 Å². The molecule has 0 aromatic rings. The minimum absolute atomic E-state index is 0.0453. The molecule has 0 saturated carbocycles. The lowest BCUT2D eigenvalue weighted by molar-refractivity contribution is -0.148. The lowest BCUT2D eigenvalue weighted by Gasteiger charge is -2.13. The maximum atomic E-state index is 11.6. The third kappa shape index (κ3) is 4.82. The molecule has 84 valence electrons. The van der Waals surface area contributed by atoms with E-state index in [4.69, 9.17) is 4.74 Å². The molecule has 15 heavy (non-hydrogen) atoms. The van der Waals surface area contributed by atoms with Crippen LogP contribution >= 0.6 is 0 Å². The Balaban J connectivity index is 2.49. The van der Waals surface area contributed by atoms with Crippen molar-refractivity contribution in [1.82, 2.24) is 0 Å². The van der Waals surface area contributed by atoms with Gasteiger partial charge in [-0.1, -0.05) is 24.3 Å². The Kier molecular flexibility index (Phi) is 5.83. The fourth-order valence-electron chi connectivity index (χ4n) is 1.70. The third-order valence-corrected chi connectivity index (χ3v) is 2.56. The van der Waals surface area contributed by atoms with Gasteiger partial charge in [0.15, 0.2) is 0 Å². The van der Waals surface area contributed by atoms with E-state index >= 15 is 0 Å². The Bertz CT molecular complexity index is 241. The number of carbonyl (C=O) groups excluding carboxylic acids is 1. The van der Waals surface area contributed by atoms with Gasteiger partial charge in [0.25, 0.3) is 0 Å². The molecule has 0 aliphatic heterocycles. The molecule has 0 fully saturated rings. The molecule has 0 aromatic heterocycles. The number of hydrogen-bond donors (Lipinski definition) is 0. The van der Waals surface area contributed by atoms with Crippen LogP contribution in [0.4, 0.5) is 0 Å². The van der Waals surface area contributed by atoms with Gasteiger partial charge in [0.05, 0.1) is 12.5 Å². The van der Waals surface area contributed by atoms with Crippen LogP contribution in [-0.4, -0.2) is 12.6 Å². The van der Waals surface area contributed by atoms with Gasteiger partial charge in [0.2, 0.25) is 0 Å². The minimum atomic E-state index is -0.0453. The summed E-state index contributed by atoms with van der Waals surface area (Å²) in [7, 11) is 0. The van der Waals surface area contributed by atoms with Crippen LogP contribution in [0.25, 0.3) is 0 Å². The Hall–Kier alpha value is -1.05. The lowest BCUT2D eigenvalue weighted by Crippen LogP contribution is -2.17. The lowest BCUT2D eigenvalue weighted by atomic mass is 9.98. The first-order chi connectivity index (χ1) is 7.34. The van der Waals surface area contributed by atoms with Crippen LogP contribution in [0.1, 0.15) is 39.0 Å². The summed E-state index contributed by atoms with van der Waals surface area (Å²) in [5.41, 5.74) is 0. The van der Waals surface area contributed by atoms with E-state index in [0.29, 0.717) is 6.61 Å². The van der Waals surface area contributed by atoms with Crippen molar-refractivity contribution in [2.75, 3.05) is 6.61 Å². The summed E-state index contributed by atoms with van der Waals surface area (Å²) in [5.74, 6) is 0.0000680. The summed E-state index contributed by atoms with van der Waals surface area (Å²) >= 11 is 0. The van der Waals surface area contributed by atoms with Crippen molar-refractivity contribution in [3.63, 3.8) is 0 Å². The Morgan fingerprint density at radius 2 is 1.87 bits per heavy atom. The average Bonchev–Trinajstić information content (AvgIpc) is 2.26. The van der Waals surface area contributed by atoms with Crippen molar-refractivity contribution in [2.45, 2.75) is 39.0 Å². The van der Waals surface area contributed by atoms with E-state index in [9.17, 15) is 4.79 Å². The molecule has 0 spiro atoms. The Labute approximate surface area is 92.0 Å². The SMILES string of the molecule is CCOC(=O)C1CC=CCCC=CCC1. The van der Waals surface area contributed by atoms with E-state index in [-0.39, 0.29) is 11.9 Å². The van der Waals surface area contributed by atoms with Crippen molar-refractivity contribution < 1.29 is 9.53 Å². The van der Waals surface area contributed by atoms with E-state index < -0.39 is 0 Å². The molecule has 0 radical (unpaired) electrons. The fourth-order valence-corrected chi connectivity index (χ4v) is 1.70. The van der Waals surface area contributed by atoms with Gasteiger partial charge in [-0.3, -0.25) is 4.79 Å². The monoisotopic (exact) mass is 208 g/mol. The first kappa shape index (κ1) is 12.0. The molecular weight excluding hydrogens is 188 g/mol. The largest absolute Gasteiger partial charge is 0.466 e. The minimum Gasteiger partial charge on any atom is -0.466 e. The molecule has 0 aromatic carbocycles. The number of hydrogen-bond acceptors (Lipinski definition) is 2. The standard InChI is InChI=1S/C13H20O2/c1-2-15-13(14)12-10-8-6-4-3-5-7-9-11-12/h4,6-7,9,12H,2-3,5,8,10-11H2,1H3. The topological polar surface area (TPSA) is 26.3 Å². The first-order valence-electron chi connectivity index (χ1n) is 5.81. The highest BCUT2D eigenvalue weighted by atomic mass is 16.5. The molecule has 1 aliphatic carbocycles. The number of carbonyl (C=O) groups is 1. The van der Waals surface area contributed by atoms with Gasteiger partial charge < -0.3 is 4.74 Å². The second-order valence-electron chi connectivity index (χ2n) is 3.78. The van der Waals surface area contributed by atoms with Crippen LogP contribution < -0.4 is 0 Å². The van der Waals surface area contributed by atoms with Crippen LogP contribution in [0.3, 0.4) is 0 Å². The predicted octanol–water partition coefficient (Wildman–Crippen LogP) is 3.24. The smallest absolute Gasteiger partial charge is 0.309 e. The second kappa shape index (κ2) is 7.27. The van der Waals surface area contributed by atoms with E-state index in [1.807, 2.05) is 6.92 Å². The summed E-state index contributed by atoms with van der Waals surface area (Å²) in [5, 5.41) is 0. The Morgan fingerprint density at radius 1 is 1.20 bits per heavy atom. The number of allylic oxidation sites excluding steroid dienone is 4. The highest BCUT2D eigenvalue weighted by molar-refractivity contribution is 5.72. The summed E-state index contributed by atoms with van der Waals surface area (Å²) < 4.78 is 5.05. The molecule has 0 heterocycles. The number of ether oxygens (including phenoxy) is 1. The zero-order valence-electron chi connectivity index (χ0n) is 9.45. The second-order valence-corrected chi connectivity index (χ2v) is 3.78. The van der Waals surface area contributed by atoms with Gasteiger partial charge in [-0.25, -0.2) is 0 Å². The van der Waals surface area contributed by atoms with Crippen molar-refractivity contribution in [2.24, 2.45) is 5.92 Å². The third-order valence-electron chi connectivity index (χ3n) is 2.56. The molecule has 0 N–H and O–H groups in total. The van der Waals surface area contributed by atoms with Crippen LogP contribution in [0.15, 0.2) is 24.3 Å². The van der Waals surface area contributed by atoms with Crippen LogP contribution in [0.2, 0.25) is 0 Å². The molecular formula is C13H20O2. The molecule has 0 saturated heterocycles. The maximum absolute atomic E-state index is 11.6. The summed E-state index contributed by atoms with van der Waals surface area (Å²) in [6, 6.07) is 0. The van der Waals surface area contributed by atoms with E-state index in [0.717, 1.165) is 32.1 Å². The van der Waals surface area contributed by atoms with Crippen molar-refractivity contribution in [1.29, 1.82) is 0 Å². The molecule has 2 nitrogen and oxygen atoms in total. The van der Waals surface area contributed by atoms with Gasteiger partial charge in [-0.05, 0) is 39.0 Å². The van der Waals surface area contributed by atoms with Gasteiger partial charge in [0, 0.05) is 0 Å². The van der Waals surface area contributed by atoms with Gasteiger partial charge >= 0.3 is 5.97 Å². The molecule has 1 unspecified atom stereocenters. The van der Waals surface area contributed by atoms with E-state index in [1.54, 1.807) is 0 Å². The average molecular weight is 208 g/mol. The van der Waals surface area contributed by atoms with Crippen molar-refractivity contribution in [3.05, 3.63) is 24.3 Å². The van der Waals surface area contributed by atoms with Crippen LogP contribution in [0.5, 0.6) is 0 Å². The maximum Gasteiger partial charge on any atom is 0.309 e. The molecule has 1 aliphatic rings. The van der Waals surface area contributed by atoms with Crippen molar-refractivity contribution >= 4 is 5.97 Å². The van der Waals surface area contributed by atoms with Crippen molar-refractivity contribution in [3.8, 4) is 0 Å². The van der Waals surface area contributed by atoms with Crippen LogP contribution in [-0.2, 0) is 9.53 Å². The summed E-state index contributed by atoms with van der Waals surface area (Å²) in [4.78, 5) is 11.6. The normalized spacial score (nSPS) is 22.3. The number of esters is 1. The molecule has 0 bridgehead atoms. The quantitative estimate of drug-likeness (QED) is 0.514. The predicted molar refractivity (Wildman–Crippen MR) is 61.5 cm³/mol. The molecule has 1 rings (SSSR count).